The molecule has 0 aliphatic heterocycles. The fourth-order valence-electron chi connectivity index (χ4n) is 4.86. The molecule has 0 unspecified atom stereocenters. The van der Waals surface area contributed by atoms with Crippen molar-refractivity contribution in [1.82, 2.24) is 4.57 Å². The number of hydrogen-bond donors (Lipinski definition) is 1. The molecule has 4 nitrogen and oxygen atoms in total. The van der Waals surface area contributed by atoms with Crippen LogP contribution in [0.5, 0.6) is 0 Å². The van der Waals surface area contributed by atoms with E-state index < -0.39 is 0 Å². The minimum absolute atomic E-state index is 0.0338. The molecule has 0 aliphatic carbocycles. The van der Waals surface area contributed by atoms with Crippen molar-refractivity contribution in [2.45, 2.75) is 53.5 Å². The van der Waals surface area contributed by atoms with Crippen molar-refractivity contribution in [3.63, 3.8) is 0 Å². The number of aromatic nitrogens is 1. The highest BCUT2D eigenvalue weighted by Crippen LogP contribution is 2.41. The van der Waals surface area contributed by atoms with E-state index in [9.17, 15) is 4.79 Å². The third-order valence-electron chi connectivity index (χ3n) is 6.79. The Hall–Kier alpha value is -3.79. The number of anilines is 2. The number of para-hydroxylation sites is 1. The van der Waals surface area contributed by atoms with E-state index in [1.165, 1.54) is 11.1 Å². The van der Waals surface area contributed by atoms with Gasteiger partial charge in [0.15, 0.2) is 5.58 Å². The number of pyridine rings is 1. The Morgan fingerprint density at radius 1 is 0.943 bits per heavy atom. The average molecular weight is 465 g/mol. The molecule has 5 aromatic rings. The molecular formula is C31H32N2O2. The van der Waals surface area contributed by atoms with Gasteiger partial charge >= 0.3 is 0 Å². The first kappa shape index (κ1) is 23.0. The van der Waals surface area contributed by atoms with Crippen molar-refractivity contribution in [2.24, 2.45) is 0 Å². The van der Waals surface area contributed by atoms with Crippen LogP contribution in [-0.4, -0.2) is 4.57 Å². The Morgan fingerprint density at radius 2 is 1.66 bits per heavy atom. The van der Waals surface area contributed by atoms with Crippen molar-refractivity contribution < 1.29 is 4.42 Å². The van der Waals surface area contributed by atoms with Crippen LogP contribution in [0.1, 0.15) is 44.4 Å². The minimum atomic E-state index is -0.0338. The third kappa shape index (κ3) is 3.93. The number of nitrogens with zero attached hydrogens (tertiary/aromatic N) is 1. The smallest absolute Gasteiger partial charge is 0.262 e. The van der Waals surface area contributed by atoms with Gasteiger partial charge in [-0.2, -0.15) is 0 Å². The first-order valence-corrected chi connectivity index (χ1v) is 12.2. The molecule has 0 spiro atoms. The predicted molar refractivity (Wildman–Crippen MR) is 147 cm³/mol. The summed E-state index contributed by atoms with van der Waals surface area (Å²) in [7, 11) is 0. The molecule has 0 radical (unpaired) electrons. The number of nitrogens with one attached hydrogen (secondary N) is 1. The second-order valence-electron chi connectivity index (χ2n) is 10.3. The molecule has 3 aromatic carbocycles. The van der Waals surface area contributed by atoms with E-state index in [1.807, 2.05) is 35.8 Å². The molecule has 2 aromatic heterocycles. The van der Waals surface area contributed by atoms with Crippen LogP contribution in [0.3, 0.4) is 0 Å². The van der Waals surface area contributed by atoms with Crippen LogP contribution < -0.4 is 10.9 Å². The van der Waals surface area contributed by atoms with E-state index in [-0.39, 0.29) is 11.0 Å². The van der Waals surface area contributed by atoms with Gasteiger partial charge in [-0.05, 0) is 61.1 Å². The van der Waals surface area contributed by atoms with E-state index in [1.54, 1.807) is 0 Å². The minimum Gasteiger partial charge on any atom is -0.439 e. The summed E-state index contributed by atoms with van der Waals surface area (Å²) in [5, 5.41) is 5.06. The molecule has 1 N–H and O–H groups in total. The van der Waals surface area contributed by atoms with Crippen LogP contribution in [0.2, 0.25) is 0 Å². The summed E-state index contributed by atoms with van der Waals surface area (Å²) in [5.74, 6) is 0.589. The van der Waals surface area contributed by atoms with Gasteiger partial charge in [0.1, 0.15) is 0 Å². The molecule has 0 fully saturated rings. The molecule has 0 saturated carbocycles. The normalized spacial score (nSPS) is 11.9. The molecule has 35 heavy (non-hydrogen) atoms. The van der Waals surface area contributed by atoms with E-state index in [0.717, 1.165) is 33.3 Å². The van der Waals surface area contributed by atoms with Gasteiger partial charge in [0, 0.05) is 17.6 Å². The van der Waals surface area contributed by atoms with Gasteiger partial charge in [0.25, 0.3) is 5.56 Å². The molecule has 0 atom stereocenters. The van der Waals surface area contributed by atoms with Crippen molar-refractivity contribution in [1.29, 1.82) is 0 Å². The number of rotatable bonds is 4. The van der Waals surface area contributed by atoms with Crippen molar-refractivity contribution in [2.75, 3.05) is 5.32 Å². The lowest BCUT2D eigenvalue weighted by atomic mass is 9.86. The molecule has 5 rings (SSSR count). The number of aryl methyl sites for hydroxylation is 3. The maximum Gasteiger partial charge on any atom is 0.262 e. The number of furan rings is 1. The molecule has 0 saturated heterocycles. The van der Waals surface area contributed by atoms with Gasteiger partial charge in [-0.15, -0.1) is 0 Å². The molecule has 2 heterocycles. The fraction of sp³-hybridized carbons (Fsp3) is 0.258. The lowest BCUT2D eigenvalue weighted by Crippen LogP contribution is -2.19. The predicted octanol–water partition coefficient (Wildman–Crippen LogP) is 8.09. The fourth-order valence-corrected chi connectivity index (χ4v) is 4.86. The van der Waals surface area contributed by atoms with Gasteiger partial charge in [0.2, 0.25) is 5.88 Å². The summed E-state index contributed by atoms with van der Waals surface area (Å²) in [6.07, 6.45) is 0. The highest BCUT2D eigenvalue weighted by molar-refractivity contribution is 6.11. The zero-order chi connectivity index (χ0) is 24.9. The topological polar surface area (TPSA) is 47.2 Å². The monoisotopic (exact) mass is 464 g/mol. The molecule has 0 amide bonds. The largest absolute Gasteiger partial charge is 0.439 e. The Balaban J connectivity index is 1.84. The average Bonchev–Trinajstić information content (AvgIpc) is 3.20. The number of hydrogen-bond acceptors (Lipinski definition) is 3. The molecule has 4 heteroatoms. The maximum atomic E-state index is 13.8. The molecular weight excluding hydrogens is 432 g/mol. The highest BCUT2D eigenvalue weighted by Gasteiger charge is 2.24. The summed E-state index contributed by atoms with van der Waals surface area (Å²) < 4.78 is 8.34. The standard InChI is InChI=1S/C31H32N2O2/c1-7-33-25-11-9-8-10-23(25)28-27(30(33)34)26(21-13-15-22(16-14-21)31(4,5)6)29(35-28)32-24-17-12-19(2)18-20(24)3/h8-18,32H,7H2,1-6H3. The Bertz CT molecular complexity index is 1610. The Morgan fingerprint density at radius 3 is 2.31 bits per heavy atom. The van der Waals surface area contributed by atoms with Gasteiger partial charge in [-0.1, -0.05) is 74.9 Å². The van der Waals surface area contributed by atoms with E-state index >= 15 is 0 Å². The van der Waals surface area contributed by atoms with Gasteiger partial charge in [-0.25, -0.2) is 0 Å². The molecule has 178 valence electrons. The van der Waals surface area contributed by atoms with Gasteiger partial charge in [-0.3, -0.25) is 4.79 Å². The van der Waals surface area contributed by atoms with Crippen LogP contribution in [0.4, 0.5) is 11.6 Å². The maximum absolute atomic E-state index is 13.8. The summed E-state index contributed by atoms with van der Waals surface area (Å²) in [6.45, 7) is 13.4. The second kappa shape index (κ2) is 8.46. The zero-order valence-electron chi connectivity index (χ0n) is 21.3. The van der Waals surface area contributed by atoms with Crippen LogP contribution >= 0.6 is 0 Å². The lowest BCUT2D eigenvalue weighted by Gasteiger charge is -2.19. The molecule has 0 bridgehead atoms. The van der Waals surface area contributed by atoms with Gasteiger partial charge in [0.05, 0.1) is 16.5 Å². The quantitative estimate of drug-likeness (QED) is 0.292. The van der Waals surface area contributed by atoms with E-state index in [4.69, 9.17) is 4.42 Å². The van der Waals surface area contributed by atoms with Crippen LogP contribution in [-0.2, 0) is 12.0 Å². The highest BCUT2D eigenvalue weighted by atomic mass is 16.4. The van der Waals surface area contributed by atoms with Crippen molar-refractivity contribution >= 4 is 33.4 Å². The number of fused-ring (bicyclic) bond motifs is 3. The Kier molecular flexibility index (Phi) is 5.55. The number of benzene rings is 3. The van der Waals surface area contributed by atoms with E-state index in [0.29, 0.717) is 23.4 Å². The van der Waals surface area contributed by atoms with Crippen LogP contribution in [0.15, 0.2) is 75.9 Å². The lowest BCUT2D eigenvalue weighted by molar-refractivity contribution is 0.590. The first-order chi connectivity index (χ1) is 16.7. The SMILES string of the molecule is CCn1c(=O)c2c(-c3ccc(C(C)(C)C)cc3)c(Nc3ccc(C)cc3C)oc2c2ccccc21. The van der Waals surface area contributed by atoms with Crippen LogP contribution in [0, 0.1) is 13.8 Å². The third-order valence-corrected chi connectivity index (χ3v) is 6.79. The first-order valence-electron chi connectivity index (χ1n) is 12.2. The van der Waals surface area contributed by atoms with Crippen LogP contribution in [0.25, 0.3) is 33.0 Å². The summed E-state index contributed by atoms with van der Waals surface area (Å²) in [6, 6.07) is 22.7. The summed E-state index contributed by atoms with van der Waals surface area (Å²) in [5.41, 5.74) is 7.80. The Labute approximate surface area is 206 Å². The molecule has 0 aliphatic rings. The van der Waals surface area contributed by atoms with Gasteiger partial charge < -0.3 is 14.3 Å². The second-order valence-corrected chi connectivity index (χ2v) is 10.3. The van der Waals surface area contributed by atoms with Crippen molar-refractivity contribution in [3.05, 3.63) is 93.8 Å². The van der Waals surface area contributed by atoms with E-state index in [2.05, 4.69) is 82.4 Å². The zero-order valence-corrected chi connectivity index (χ0v) is 21.3. The summed E-state index contributed by atoms with van der Waals surface area (Å²) in [4.78, 5) is 13.8. The van der Waals surface area contributed by atoms with Crippen molar-refractivity contribution in [3.8, 4) is 11.1 Å². The summed E-state index contributed by atoms with van der Waals surface area (Å²) >= 11 is 0.